The van der Waals surface area contributed by atoms with E-state index in [9.17, 15) is 0 Å². The smallest absolute Gasteiger partial charge is 0.171 e. The first-order chi connectivity index (χ1) is 8.25. The Morgan fingerprint density at radius 2 is 2.06 bits per heavy atom. The molecule has 3 nitrogen and oxygen atoms in total. The van der Waals surface area contributed by atoms with Crippen molar-refractivity contribution in [2.45, 2.75) is 6.61 Å². The van der Waals surface area contributed by atoms with Gasteiger partial charge in [0.2, 0.25) is 0 Å². The van der Waals surface area contributed by atoms with Crippen LogP contribution in [0.2, 0.25) is 0 Å². The summed E-state index contributed by atoms with van der Waals surface area (Å²) in [6.45, 7) is 0.415. The summed E-state index contributed by atoms with van der Waals surface area (Å²) in [4.78, 5) is 5.20. The summed E-state index contributed by atoms with van der Waals surface area (Å²) in [5.41, 5.74) is 7.70. The maximum atomic E-state index is 5.75. The third-order valence-corrected chi connectivity index (χ3v) is 3.34. The molecule has 5 heteroatoms. The number of amidine groups is 1. The zero-order valence-electron chi connectivity index (χ0n) is 8.97. The molecule has 2 N–H and O–H groups in total. The highest BCUT2D eigenvalue weighted by atomic mass is 79.9. The highest BCUT2D eigenvalue weighted by Gasteiger charge is 1.99. The Morgan fingerprint density at radius 3 is 2.71 bits per heavy atom. The van der Waals surface area contributed by atoms with Crippen LogP contribution in [0.15, 0.2) is 50.7 Å². The standard InChI is InChI=1S/C12H11BrN2OS/c13-11-3-1-9(2-4-11)7-16-15-12(14)10-5-6-17-8-10/h1-6,8H,7H2,(H2,14,15). The number of hydrogen-bond acceptors (Lipinski definition) is 3. The van der Waals surface area contributed by atoms with E-state index in [4.69, 9.17) is 10.6 Å². The zero-order valence-corrected chi connectivity index (χ0v) is 11.4. The lowest BCUT2D eigenvalue weighted by atomic mass is 10.2. The van der Waals surface area contributed by atoms with Gasteiger partial charge >= 0.3 is 0 Å². The first kappa shape index (κ1) is 12.1. The minimum Gasteiger partial charge on any atom is -0.389 e. The second kappa shape index (κ2) is 5.84. The first-order valence-electron chi connectivity index (χ1n) is 4.98. The van der Waals surface area contributed by atoms with Crippen molar-refractivity contribution in [1.82, 2.24) is 0 Å². The summed E-state index contributed by atoms with van der Waals surface area (Å²) in [7, 11) is 0. The highest BCUT2D eigenvalue weighted by molar-refractivity contribution is 9.10. The van der Waals surface area contributed by atoms with Gasteiger partial charge in [0.05, 0.1) is 0 Å². The van der Waals surface area contributed by atoms with E-state index in [1.165, 1.54) is 0 Å². The Kier molecular flexibility index (Phi) is 4.17. The van der Waals surface area contributed by atoms with Crippen molar-refractivity contribution in [2.75, 3.05) is 0 Å². The molecule has 1 aromatic carbocycles. The molecule has 0 saturated heterocycles. The predicted molar refractivity (Wildman–Crippen MR) is 74.0 cm³/mol. The number of thiophene rings is 1. The second-order valence-corrected chi connectivity index (χ2v) is 5.08. The summed E-state index contributed by atoms with van der Waals surface area (Å²) in [5, 5.41) is 7.76. The SMILES string of the molecule is NC(=NOCc1ccc(Br)cc1)c1ccsc1. The van der Waals surface area contributed by atoms with Crippen molar-refractivity contribution in [1.29, 1.82) is 0 Å². The van der Waals surface area contributed by atoms with Crippen LogP contribution in [-0.4, -0.2) is 5.84 Å². The number of nitrogens with zero attached hydrogens (tertiary/aromatic N) is 1. The molecule has 0 aliphatic carbocycles. The highest BCUT2D eigenvalue weighted by Crippen LogP contribution is 2.11. The van der Waals surface area contributed by atoms with Gasteiger partial charge in [-0.25, -0.2) is 0 Å². The van der Waals surface area contributed by atoms with Gasteiger partial charge in [0.1, 0.15) is 6.61 Å². The normalized spacial score (nSPS) is 11.5. The van der Waals surface area contributed by atoms with Crippen LogP contribution in [-0.2, 0) is 11.4 Å². The van der Waals surface area contributed by atoms with Gasteiger partial charge in [-0.05, 0) is 29.1 Å². The van der Waals surface area contributed by atoms with E-state index in [0.29, 0.717) is 12.4 Å². The van der Waals surface area contributed by atoms with E-state index in [0.717, 1.165) is 15.6 Å². The fourth-order valence-corrected chi connectivity index (χ4v) is 2.13. The molecule has 2 rings (SSSR count). The van der Waals surface area contributed by atoms with Gasteiger partial charge < -0.3 is 10.6 Å². The molecule has 0 spiro atoms. The van der Waals surface area contributed by atoms with Gasteiger partial charge in [0.25, 0.3) is 0 Å². The van der Waals surface area contributed by atoms with E-state index in [1.807, 2.05) is 41.1 Å². The fourth-order valence-electron chi connectivity index (χ4n) is 1.22. The maximum Gasteiger partial charge on any atom is 0.171 e. The molecule has 17 heavy (non-hydrogen) atoms. The monoisotopic (exact) mass is 310 g/mol. The van der Waals surface area contributed by atoms with E-state index >= 15 is 0 Å². The number of oxime groups is 1. The third kappa shape index (κ3) is 3.57. The Labute approximate surface area is 112 Å². The number of benzene rings is 1. The van der Waals surface area contributed by atoms with Gasteiger partial charge in [0, 0.05) is 15.4 Å². The fraction of sp³-hybridized carbons (Fsp3) is 0.0833. The van der Waals surface area contributed by atoms with Gasteiger partial charge in [-0.2, -0.15) is 11.3 Å². The molecule has 0 aliphatic heterocycles. The Balaban J connectivity index is 1.91. The van der Waals surface area contributed by atoms with Crippen LogP contribution in [0.5, 0.6) is 0 Å². The molecule has 88 valence electrons. The number of halogens is 1. The van der Waals surface area contributed by atoms with E-state index in [2.05, 4.69) is 21.1 Å². The third-order valence-electron chi connectivity index (χ3n) is 2.12. The summed E-state index contributed by atoms with van der Waals surface area (Å²) in [5.74, 6) is 0.406. The summed E-state index contributed by atoms with van der Waals surface area (Å²) < 4.78 is 1.04. The molecule has 2 aromatic rings. The number of hydrogen-bond donors (Lipinski definition) is 1. The number of rotatable bonds is 4. The minimum atomic E-state index is 0.406. The van der Waals surface area contributed by atoms with Gasteiger partial charge in [-0.15, -0.1) is 0 Å². The summed E-state index contributed by atoms with van der Waals surface area (Å²) >= 11 is 4.95. The molecule has 0 aliphatic rings. The van der Waals surface area contributed by atoms with E-state index < -0.39 is 0 Å². The van der Waals surface area contributed by atoms with E-state index in [1.54, 1.807) is 11.3 Å². The number of nitrogens with two attached hydrogens (primary N) is 1. The Morgan fingerprint density at radius 1 is 1.29 bits per heavy atom. The van der Waals surface area contributed by atoms with Crippen LogP contribution in [0.25, 0.3) is 0 Å². The molecule has 0 saturated carbocycles. The molecule has 0 bridgehead atoms. The average molecular weight is 311 g/mol. The molecule has 0 unspecified atom stereocenters. The largest absolute Gasteiger partial charge is 0.389 e. The van der Waals surface area contributed by atoms with Crippen LogP contribution in [0.4, 0.5) is 0 Å². The van der Waals surface area contributed by atoms with Crippen molar-refractivity contribution in [3.05, 3.63) is 56.7 Å². The summed E-state index contributed by atoms with van der Waals surface area (Å²) in [6, 6.07) is 9.78. The molecular formula is C12H11BrN2OS. The lowest BCUT2D eigenvalue weighted by Crippen LogP contribution is -2.12. The molecule has 1 heterocycles. The zero-order chi connectivity index (χ0) is 12.1. The minimum absolute atomic E-state index is 0.406. The van der Waals surface area contributed by atoms with Crippen LogP contribution < -0.4 is 5.73 Å². The van der Waals surface area contributed by atoms with Crippen LogP contribution in [0, 0.1) is 0 Å². The Bertz CT molecular complexity index is 494. The molecule has 0 amide bonds. The van der Waals surface area contributed by atoms with Crippen molar-refractivity contribution in [3.63, 3.8) is 0 Å². The average Bonchev–Trinajstić information content (AvgIpc) is 2.85. The van der Waals surface area contributed by atoms with Crippen LogP contribution in [0.3, 0.4) is 0 Å². The Hall–Kier alpha value is -1.33. The van der Waals surface area contributed by atoms with Crippen LogP contribution >= 0.6 is 27.3 Å². The quantitative estimate of drug-likeness (QED) is 0.535. The first-order valence-corrected chi connectivity index (χ1v) is 6.72. The van der Waals surface area contributed by atoms with Crippen LogP contribution in [0.1, 0.15) is 11.1 Å². The van der Waals surface area contributed by atoms with Gasteiger partial charge in [-0.3, -0.25) is 0 Å². The summed E-state index contributed by atoms with van der Waals surface area (Å²) in [6.07, 6.45) is 0. The van der Waals surface area contributed by atoms with E-state index in [-0.39, 0.29) is 0 Å². The topological polar surface area (TPSA) is 47.6 Å². The van der Waals surface area contributed by atoms with Crippen molar-refractivity contribution < 1.29 is 4.84 Å². The van der Waals surface area contributed by atoms with Crippen molar-refractivity contribution in [2.24, 2.45) is 10.9 Å². The molecule has 0 fully saturated rings. The van der Waals surface area contributed by atoms with Crippen molar-refractivity contribution in [3.8, 4) is 0 Å². The maximum absolute atomic E-state index is 5.75. The predicted octanol–water partition coefficient (Wildman–Crippen LogP) is 3.35. The lowest BCUT2D eigenvalue weighted by molar-refractivity contribution is 0.130. The second-order valence-electron chi connectivity index (χ2n) is 3.39. The van der Waals surface area contributed by atoms with Crippen molar-refractivity contribution >= 4 is 33.1 Å². The molecule has 1 aromatic heterocycles. The lowest BCUT2D eigenvalue weighted by Gasteiger charge is -2.01. The van der Waals surface area contributed by atoms with Gasteiger partial charge in [-0.1, -0.05) is 33.2 Å². The molecule has 0 radical (unpaired) electrons. The molecular weight excluding hydrogens is 300 g/mol. The van der Waals surface area contributed by atoms with Gasteiger partial charge in [0.15, 0.2) is 5.84 Å². The molecule has 0 atom stereocenters.